The highest BCUT2D eigenvalue weighted by Gasteiger charge is 2.18. The van der Waals surface area contributed by atoms with Gasteiger partial charge >= 0.3 is 0 Å². The van der Waals surface area contributed by atoms with Gasteiger partial charge in [-0.05, 0) is 37.0 Å². The molecule has 0 aliphatic carbocycles. The van der Waals surface area contributed by atoms with Crippen molar-refractivity contribution >= 4 is 17.5 Å². The number of benzene rings is 1. The van der Waals surface area contributed by atoms with Gasteiger partial charge in [0.1, 0.15) is 0 Å². The Balaban J connectivity index is 2.16. The van der Waals surface area contributed by atoms with Gasteiger partial charge in [-0.25, -0.2) is 0 Å². The van der Waals surface area contributed by atoms with Crippen molar-refractivity contribution in [3.63, 3.8) is 0 Å². The highest BCUT2D eigenvalue weighted by Crippen LogP contribution is 2.20. The van der Waals surface area contributed by atoms with Gasteiger partial charge in [0.25, 0.3) is 5.91 Å². The predicted molar refractivity (Wildman–Crippen MR) is 75.2 cm³/mol. The molecule has 0 spiro atoms. The second-order valence-corrected chi connectivity index (χ2v) is 4.88. The molecule has 0 fully saturated rings. The average Bonchev–Trinajstić information content (AvgIpc) is 2.41. The molecule has 0 atom stereocenters. The van der Waals surface area contributed by atoms with Crippen LogP contribution in [0.3, 0.4) is 0 Å². The van der Waals surface area contributed by atoms with Crippen LogP contribution in [-0.4, -0.2) is 18.4 Å². The van der Waals surface area contributed by atoms with E-state index in [2.05, 4.69) is 10.6 Å². The summed E-state index contributed by atoms with van der Waals surface area (Å²) in [7, 11) is 0. The van der Waals surface area contributed by atoms with E-state index >= 15 is 0 Å². The van der Waals surface area contributed by atoms with Crippen molar-refractivity contribution in [3.8, 4) is 0 Å². The van der Waals surface area contributed by atoms with Crippen LogP contribution < -0.4 is 10.6 Å². The second kappa shape index (κ2) is 5.87. The summed E-state index contributed by atoms with van der Waals surface area (Å²) < 4.78 is 0. The number of hydrogen-bond donors (Lipinski definition) is 2. The maximum atomic E-state index is 12.0. The number of nitrogens with one attached hydrogen (secondary N) is 2. The lowest BCUT2D eigenvalue weighted by molar-refractivity contribution is -0.120. The SMILES string of the molecule is CCC(CC)C(=O)Nc1ccc2c(c1)C(=O)NCC2. The van der Waals surface area contributed by atoms with Crippen molar-refractivity contribution < 1.29 is 9.59 Å². The van der Waals surface area contributed by atoms with Crippen LogP contribution in [0.2, 0.25) is 0 Å². The molecule has 2 N–H and O–H groups in total. The second-order valence-electron chi connectivity index (χ2n) is 4.88. The molecular weight excluding hydrogens is 240 g/mol. The van der Waals surface area contributed by atoms with Crippen LogP contribution in [0.15, 0.2) is 18.2 Å². The topological polar surface area (TPSA) is 58.2 Å². The van der Waals surface area contributed by atoms with Crippen molar-refractivity contribution in [2.45, 2.75) is 33.1 Å². The quantitative estimate of drug-likeness (QED) is 0.873. The van der Waals surface area contributed by atoms with E-state index in [0.29, 0.717) is 17.8 Å². The summed E-state index contributed by atoms with van der Waals surface area (Å²) in [5.41, 5.74) is 2.42. The van der Waals surface area contributed by atoms with Crippen LogP contribution in [0, 0.1) is 5.92 Å². The Hall–Kier alpha value is -1.84. The van der Waals surface area contributed by atoms with Crippen LogP contribution in [-0.2, 0) is 11.2 Å². The number of anilines is 1. The van der Waals surface area contributed by atoms with Crippen LogP contribution in [0.4, 0.5) is 5.69 Å². The van der Waals surface area contributed by atoms with Gasteiger partial charge in [0.2, 0.25) is 5.91 Å². The Bertz CT molecular complexity index is 493. The molecule has 19 heavy (non-hydrogen) atoms. The minimum absolute atomic E-state index is 0.0289. The summed E-state index contributed by atoms with van der Waals surface area (Å²) in [6, 6.07) is 5.57. The van der Waals surface area contributed by atoms with E-state index in [1.807, 2.05) is 26.0 Å². The van der Waals surface area contributed by atoms with Crippen molar-refractivity contribution in [2.75, 3.05) is 11.9 Å². The van der Waals surface area contributed by atoms with Crippen molar-refractivity contribution in [1.82, 2.24) is 5.32 Å². The fourth-order valence-corrected chi connectivity index (χ4v) is 2.39. The first-order chi connectivity index (χ1) is 9.15. The lowest BCUT2D eigenvalue weighted by Crippen LogP contribution is -2.32. The minimum atomic E-state index is -0.0557. The fourth-order valence-electron chi connectivity index (χ4n) is 2.39. The summed E-state index contributed by atoms with van der Waals surface area (Å²) in [4.78, 5) is 23.8. The maximum Gasteiger partial charge on any atom is 0.251 e. The third-order valence-corrected chi connectivity index (χ3v) is 3.66. The first kappa shape index (κ1) is 13.6. The van der Waals surface area contributed by atoms with E-state index in [9.17, 15) is 9.59 Å². The van der Waals surface area contributed by atoms with E-state index in [-0.39, 0.29) is 17.7 Å². The molecule has 0 aromatic heterocycles. The molecule has 1 aliphatic heterocycles. The molecule has 0 saturated carbocycles. The van der Waals surface area contributed by atoms with Gasteiger partial charge in [-0.1, -0.05) is 19.9 Å². The molecule has 1 aliphatic rings. The lowest BCUT2D eigenvalue weighted by Gasteiger charge is -2.18. The zero-order valence-electron chi connectivity index (χ0n) is 11.5. The summed E-state index contributed by atoms with van der Waals surface area (Å²) in [5, 5.41) is 5.71. The van der Waals surface area contributed by atoms with Crippen molar-refractivity contribution in [2.24, 2.45) is 5.92 Å². The Morgan fingerprint density at radius 2 is 2.11 bits per heavy atom. The van der Waals surface area contributed by atoms with Crippen molar-refractivity contribution in [1.29, 1.82) is 0 Å². The molecule has 1 heterocycles. The summed E-state index contributed by atoms with van der Waals surface area (Å²) in [6.07, 6.45) is 2.50. The zero-order chi connectivity index (χ0) is 13.8. The third-order valence-electron chi connectivity index (χ3n) is 3.66. The van der Waals surface area contributed by atoms with Crippen LogP contribution in [0.25, 0.3) is 0 Å². The molecule has 0 radical (unpaired) electrons. The van der Waals surface area contributed by atoms with Gasteiger partial charge < -0.3 is 10.6 Å². The fraction of sp³-hybridized carbons (Fsp3) is 0.467. The molecule has 2 rings (SSSR count). The highest BCUT2D eigenvalue weighted by molar-refractivity contribution is 5.99. The van der Waals surface area contributed by atoms with Gasteiger partial charge in [0.05, 0.1) is 0 Å². The summed E-state index contributed by atoms with van der Waals surface area (Å²) >= 11 is 0. The van der Waals surface area contributed by atoms with E-state index in [1.165, 1.54) is 0 Å². The molecule has 0 saturated heterocycles. The molecule has 0 unspecified atom stereocenters. The minimum Gasteiger partial charge on any atom is -0.352 e. The maximum absolute atomic E-state index is 12.0. The number of carbonyl (C=O) groups is 2. The smallest absolute Gasteiger partial charge is 0.251 e. The molecule has 0 bridgehead atoms. The van der Waals surface area contributed by atoms with Gasteiger partial charge in [0, 0.05) is 23.7 Å². The van der Waals surface area contributed by atoms with Crippen molar-refractivity contribution in [3.05, 3.63) is 29.3 Å². The van der Waals surface area contributed by atoms with E-state index in [4.69, 9.17) is 0 Å². The molecule has 1 aromatic rings. The third kappa shape index (κ3) is 2.95. The predicted octanol–water partition coefficient (Wildman–Crippen LogP) is 2.35. The standard InChI is InChI=1S/C15H20N2O2/c1-3-10(4-2)14(18)17-12-6-5-11-7-8-16-15(19)13(11)9-12/h5-6,9-10H,3-4,7-8H2,1-2H3,(H,16,19)(H,17,18). The van der Waals surface area contributed by atoms with Gasteiger partial charge in [-0.2, -0.15) is 0 Å². The summed E-state index contributed by atoms with van der Waals surface area (Å²) in [5.74, 6) is 0.00547. The number of rotatable bonds is 4. The van der Waals surface area contributed by atoms with E-state index < -0.39 is 0 Å². The zero-order valence-corrected chi connectivity index (χ0v) is 11.5. The van der Waals surface area contributed by atoms with Gasteiger partial charge in [-0.15, -0.1) is 0 Å². The van der Waals surface area contributed by atoms with E-state index in [0.717, 1.165) is 24.8 Å². The van der Waals surface area contributed by atoms with Gasteiger partial charge in [0.15, 0.2) is 0 Å². The lowest BCUT2D eigenvalue weighted by atomic mass is 9.99. The Labute approximate surface area is 113 Å². The molecule has 1 aromatic carbocycles. The largest absolute Gasteiger partial charge is 0.352 e. The monoisotopic (exact) mass is 260 g/mol. The highest BCUT2D eigenvalue weighted by atomic mass is 16.2. The normalized spacial score (nSPS) is 13.9. The Kier molecular flexibility index (Phi) is 4.20. The van der Waals surface area contributed by atoms with Crippen LogP contribution in [0.5, 0.6) is 0 Å². The Morgan fingerprint density at radius 3 is 2.79 bits per heavy atom. The molecule has 4 nitrogen and oxygen atoms in total. The first-order valence-corrected chi connectivity index (χ1v) is 6.87. The number of carbonyl (C=O) groups excluding carboxylic acids is 2. The number of fused-ring (bicyclic) bond motifs is 1. The average molecular weight is 260 g/mol. The van der Waals surface area contributed by atoms with E-state index in [1.54, 1.807) is 6.07 Å². The molecular formula is C15H20N2O2. The Morgan fingerprint density at radius 1 is 1.37 bits per heavy atom. The molecule has 2 amide bonds. The molecule has 102 valence electrons. The number of amides is 2. The van der Waals surface area contributed by atoms with Crippen LogP contribution >= 0.6 is 0 Å². The number of hydrogen-bond acceptors (Lipinski definition) is 2. The van der Waals surface area contributed by atoms with Gasteiger partial charge in [-0.3, -0.25) is 9.59 Å². The summed E-state index contributed by atoms with van der Waals surface area (Å²) in [6.45, 7) is 4.70. The van der Waals surface area contributed by atoms with Crippen LogP contribution in [0.1, 0.15) is 42.6 Å². The molecule has 4 heteroatoms. The first-order valence-electron chi connectivity index (χ1n) is 6.87.